The van der Waals surface area contributed by atoms with Crippen molar-refractivity contribution in [3.05, 3.63) is 35.9 Å². The van der Waals surface area contributed by atoms with Gasteiger partial charge < -0.3 is 0 Å². The lowest BCUT2D eigenvalue weighted by Crippen LogP contribution is -2.47. The van der Waals surface area contributed by atoms with Crippen molar-refractivity contribution in [2.24, 2.45) is 29.1 Å². The number of rotatable bonds is 6. The van der Waals surface area contributed by atoms with Crippen LogP contribution in [0.5, 0.6) is 0 Å². The fraction of sp³-hybridized carbons (Fsp3) is 0.682. The Balaban J connectivity index is 1.34. The van der Waals surface area contributed by atoms with Crippen molar-refractivity contribution in [2.45, 2.75) is 64.7 Å². The number of hydrogen-bond acceptors (Lipinski definition) is 1. The SMILES string of the molecule is C[C@@H](CCc1ccccc1)C(=O)CC12CC3CC(CC(C3)C1)C2. The van der Waals surface area contributed by atoms with E-state index in [4.69, 9.17) is 0 Å². The molecule has 1 nitrogen and oxygen atoms in total. The van der Waals surface area contributed by atoms with E-state index < -0.39 is 0 Å². The number of hydrogen-bond donors (Lipinski definition) is 0. The highest BCUT2D eigenvalue weighted by Gasteiger charge is 2.51. The minimum atomic E-state index is 0.225. The lowest BCUT2D eigenvalue weighted by atomic mass is 9.48. The first-order valence-electron chi connectivity index (χ1n) is 9.68. The number of carbonyl (C=O) groups excluding carboxylic acids is 1. The molecule has 124 valence electrons. The lowest BCUT2D eigenvalue weighted by Gasteiger charge is -2.57. The predicted octanol–water partition coefficient (Wildman–Crippen LogP) is 5.43. The number of carbonyl (C=O) groups is 1. The van der Waals surface area contributed by atoms with Crippen LogP contribution in [0.2, 0.25) is 0 Å². The summed E-state index contributed by atoms with van der Waals surface area (Å²) in [5.41, 5.74) is 1.77. The molecule has 0 unspecified atom stereocenters. The van der Waals surface area contributed by atoms with Crippen LogP contribution >= 0.6 is 0 Å². The third-order valence-corrected chi connectivity index (χ3v) is 6.97. The molecule has 4 aliphatic rings. The van der Waals surface area contributed by atoms with Gasteiger partial charge in [-0.1, -0.05) is 37.3 Å². The van der Waals surface area contributed by atoms with E-state index in [1.165, 1.54) is 44.1 Å². The van der Waals surface area contributed by atoms with Gasteiger partial charge in [-0.25, -0.2) is 0 Å². The zero-order valence-corrected chi connectivity index (χ0v) is 14.5. The van der Waals surface area contributed by atoms with Crippen molar-refractivity contribution in [3.8, 4) is 0 Å². The second-order valence-electron chi connectivity index (χ2n) is 8.99. The molecule has 0 aromatic heterocycles. The van der Waals surface area contributed by atoms with Crippen LogP contribution in [-0.4, -0.2) is 5.78 Å². The summed E-state index contributed by atoms with van der Waals surface area (Å²) < 4.78 is 0. The largest absolute Gasteiger partial charge is 0.299 e. The Morgan fingerprint density at radius 1 is 1.04 bits per heavy atom. The summed E-state index contributed by atoms with van der Waals surface area (Å²) in [5, 5.41) is 0. The topological polar surface area (TPSA) is 17.1 Å². The molecule has 1 aromatic rings. The predicted molar refractivity (Wildman–Crippen MR) is 94.2 cm³/mol. The van der Waals surface area contributed by atoms with Gasteiger partial charge in [0.15, 0.2) is 0 Å². The zero-order chi connectivity index (χ0) is 15.9. The Hall–Kier alpha value is -1.11. The van der Waals surface area contributed by atoms with Crippen LogP contribution in [0.4, 0.5) is 0 Å². The van der Waals surface area contributed by atoms with Crippen molar-refractivity contribution >= 4 is 5.78 Å². The average Bonchev–Trinajstić information content (AvgIpc) is 2.51. The first kappa shape index (κ1) is 15.4. The van der Waals surface area contributed by atoms with Crippen molar-refractivity contribution < 1.29 is 4.79 Å². The molecule has 0 aliphatic heterocycles. The third kappa shape index (κ3) is 3.25. The van der Waals surface area contributed by atoms with Crippen molar-refractivity contribution in [2.75, 3.05) is 0 Å². The molecule has 1 atom stereocenters. The van der Waals surface area contributed by atoms with Crippen LogP contribution in [0.25, 0.3) is 0 Å². The zero-order valence-electron chi connectivity index (χ0n) is 14.5. The van der Waals surface area contributed by atoms with Crippen LogP contribution in [0.15, 0.2) is 30.3 Å². The summed E-state index contributed by atoms with van der Waals surface area (Å²) in [4.78, 5) is 12.8. The molecule has 0 heterocycles. The van der Waals surface area contributed by atoms with Gasteiger partial charge in [0.05, 0.1) is 0 Å². The van der Waals surface area contributed by atoms with Gasteiger partial charge in [-0.3, -0.25) is 4.79 Å². The molecule has 4 bridgehead atoms. The molecule has 4 saturated carbocycles. The van der Waals surface area contributed by atoms with E-state index in [-0.39, 0.29) is 5.92 Å². The average molecular weight is 310 g/mol. The highest BCUT2D eigenvalue weighted by molar-refractivity contribution is 5.81. The van der Waals surface area contributed by atoms with Gasteiger partial charge in [0.25, 0.3) is 0 Å². The molecule has 0 radical (unpaired) electrons. The minimum absolute atomic E-state index is 0.225. The van der Waals surface area contributed by atoms with Crippen molar-refractivity contribution in [1.82, 2.24) is 0 Å². The number of aryl methyl sites for hydroxylation is 1. The smallest absolute Gasteiger partial charge is 0.136 e. The normalized spacial score (nSPS) is 36.1. The van der Waals surface area contributed by atoms with E-state index in [9.17, 15) is 4.79 Å². The van der Waals surface area contributed by atoms with Crippen LogP contribution < -0.4 is 0 Å². The molecule has 0 N–H and O–H groups in total. The van der Waals surface area contributed by atoms with Gasteiger partial charge in [0.2, 0.25) is 0 Å². The van der Waals surface area contributed by atoms with Crippen LogP contribution in [0, 0.1) is 29.1 Å². The maximum absolute atomic E-state index is 12.8. The second-order valence-corrected chi connectivity index (χ2v) is 8.99. The van der Waals surface area contributed by atoms with Gasteiger partial charge in [0, 0.05) is 12.3 Å². The Labute approximate surface area is 140 Å². The summed E-state index contributed by atoms with van der Waals surface area (Å²) in [5.74, 6) is 3.63. The number of Topliss-reactive ketones (excluding diaryl/α,β-unsaturated/α-hetero) is 1. The Morgan fingerprint density at radius 2 is 1.61 bits per heavy atom. The summed E-state index contributed by atoms with van der Waals surface area (Å²) in [6.07, 6.45) is 11.4. The summed E-state index contributed by atoms with van der Waals surface area (Å²) in [7, 11) is 0. The van der Waals surface area contributed by atoms with Gasteiger partial charge in [-0.15, -0.1) is 0 Å². The van der Waals surface area contributed by atoms with E-state index >= 15 is 0 Å². The molecule has 0 saturated heterocycles. The second kappa shape index (κ2) is 6.07. The molecule has 1 heteroatoms. The molecule has 4 aliphatic carbocycles. The van der Waals surface area contributed by atoms with Crippen LogP contribution in [-0.2, 0) is 11.2 Å². The van der Waals surface area contributed by atoms with E-state index in [1.807, 2.05) is 0 Å². The van der Waals surface area contributed by atoms with Gasteiger partial charge in [0.1, 0.15) is 5.78 Å². The Kier molecular flexibility index (Phi) is 4.07. The molecule has 5 rings (SSSR count). The monoisotopic (exact) mass is 310 g/mol. The van der Waals surface area contributed by atoms with E-state index in [1.54, 1.807) is 0 Å². The van der Waals surface area contributed by atoms with Gasteiger partial charge in [-0.2, -0.15) is 0 Å². The fourth-order valence-corrected chi connectivity index (χ4v) is 6.24. The Morgan fingerprint density at radius 3 is 2.17 bits per heavy atom. The highest BCUT2D eigenvalue weighted by Crippen LogP contribution is 2.61. The molecule has 1 aromatic carbocycles. The third-order valence-electron chi connectivity index (χ3n) is 6.97. The van der Waals surface area contributed by atoms with E-state index in [0.29, 0.717) is 11.2 Å². The maximum Gasteiger partial charge on any atom is 0.136 e. The minimum Gasteiger partial charge on any atom is -0.299 e. The Bertz CT molecular complexity index is 523. The molecule has 0 spiro atoms. The maximum atomic E-state index is 12.8. The molecule has 23 heavy (non-hydrogen) atoms. The highest BCUT2D eigenvalue weighted by atomic mass is 16.1. The first-order valence-corrected chi connectivity index (χ1v) is 9.68. The van der Waals surface area contributed by atoms with Gasteiger partial charge >= 0.3 is 0 Å². The molecular formula is C22H30O. The molecular weight excluding hydrogens is 280 g/mol. The summed E-state index contributed by atoms with van der Waals surface area (Å²) in [6, 6.07) is 10.6. The van der Waals surface area contributed by atoms with E-state index in [0.717, 1.165) is 37.0 Å². The fourth-order valence-electron chi connectivity index (χ4n) is 6.24. The van der Waals surface area contributed by atoms with E-state index in [2.05, 4.69) is 37.3 Å². The summed E-state index contributed by atoms with van der Waals surface area (Å²) in [6.45, 7) is 2.16. The van der Waals surface area contributed by atoms with Crippen LogP contribution in [0.3, 0.4) is 0 Å². The molecule has 0 amide bonds. The number of ketones is 1. The summed E-state index contributed by atoms with van der Waals surface area (Å²) >= 11 is 0. The van der Waals surface area contributed by atoms with Crippen molar-refractivity contribution in [3.63, 3.8) is 0 Å². The lowest BCUT2D eigenvalue weighted by molar-refractivity contribution is -0.130. The first-order chi connectivity index (χ1) is 11.1. The van der Waals surface area contributed by atoms with Gasteiger partial charge in [-0.05, 0) is 80.1 Å². The van der Waals surface area contributed by atoms with Crippen molar-refractivity contribution in [1.29, 1.82) is 0 Å². The number of benzene rings is 1. The standard InChI is InChI=1S/C22H30O/c1-16(7-8-17-5-3-2-4-6-17)21(23)15-22-12-18-9-19(13-22)11-20(10-18)14-22/h2-6,16,18-20H,7-15H2,1H3/t16-,18?,19?,20?,22?/m0/s1. The van der Waals surface area contributed by atoms with Crippen LogP contribution in [0.1, 0.15) is 63.9 Å². The quantitative estimate of drug-likeness (QED) is 0.684. The molecule has 4 fully saturated rings.